The molecule has 0 radical (unpaired) electrons. The van der Waals surface area contributed by atoms with E-state index < -0.39 is 5.41 Å². The lowest BCUT2D eigenvalue weighted by atomic mass is 9.79. The Bertz CT molecular complexity index is 1270. The summed E-state index contributed by atoms with van der Waals surface area (Å²) in [5.41, 5.74) is 7.58. The number of hydrogen-bond donors (Lipinski definition) is 2. The Morgan fingerprint density at radius 3 is 2.59 bits per heavy atom. The summed E-state index contributed by atoms with van der Waals surface area (Å²) in [6, 6.07) is 24.4. The third-order valence-corrected chi connectivity index (χ3v) is 6.27. The molecule has 158 valence electrons. The first-order chi connectivity index (χ1) is 15.6. The minimum absolute atomic E-state index is 0.0988. The van der Waals surface area contributed by atoms with Crippen LogP contribution in [0.4, 0.5) is 11.4 Å². The quantitative estimate of drug-likeness (QED) is 0.410. The molecule has 3 aromatic carbocycles. The maximum atomic E-state index is 12.9. The van der Waals surface area contributed by atoms with Gasteiger partial charge in [-0.1, -0.05) is 61.2 Å². The fourth-order valence-corrected chi connectivity index (χ4v) is 4.81. The van der Waals surface area contributed by atoms with Crippen molar-refractivity contribution in [2.75, 3.05) is 10.6 Å². The van der Waals surface area contributed by atoms with Crippen LogP contribution in [0.5, 0.6) is 0 Å². The van der Waals surface area contributed by atoms with Crippen LogP contribution >= 0.6 is 0 Å². The molecule has 0 fully saturated rings. The number of benzene rings is 3. The van der Waals surface area contributed by atoms with Gasteiger partial charge in [0.25, 0.3) is 0 Å². The molecule has 32 heavy (non-hydrogen) atoms. The van der Waals surface area contributed by atoms with E-state index >= 15 is 0 Å². The van der Waals surface area contributed by atoms with Crippen LogP contribution in [0.15, 0.2) is 96.1 Å². The second-order valence-electron chi connectivity index (χ2n) is 8.35. The van der Waals surface area contributed by atoms with Crippen molar-refractivity contribution >= 4 is 29.2 Å². The number of rotatable bonds is 5. The highest BCUT2D eigenvalue weighted by Crippen LogP contribution is 2.47. The van der Waals surface area contributed by atoms with Gasteiger partial charge >= 0.3 is 0 Å². The molecule has 4 nitrogen and oxygen atoms in total. The zero-order valence-corrected chi connectivity index (χ0v) is 18.1. The van der Waals surface area contributed by atoms with Gasteiger partial charge in [0.2, 0.25) is 5.91 Å². The molecule has 2 N–H and O–H groups in total. The molecule has 4 heteroatoms. The van der Waals surface area contributed by atoms with Crippen molar-refractivity contribution in [3.63, 3.8) is 0 Å². The van der Waals surface area contributed by atoms with E-state index in [0.717, 1.165) is 40.3 Å². The Kier molecular flexibility index (Phi) is 4.98. The SMILES string of the molecule is C=C(/C=C(\N=CC)c1ccccc1)Nc1ccc2c(c1)CC1(C2)C(=O)Nc2ccccc21. The van der Waals surface area contributed by atoms with Crippen molar-refractivity contribution in [1.29, 1.82) is 0 Å². The monoisotopic (exact) mass is 419 g/mol. The lowest BCUT2D eigenvalue weighted by molar-refractivity contribution is -0.120. The molecule has 0 bridgehead atoms. The third-order valence-electron chi connectivity index (χ3n) is 6.27. The summed E-state index contributed by atoms with van der Waals surface area (Å²) in [6.07, 6.45) is 5.17. The zero-order valence-electron chi connectivity index (χ0n) is 18.1. The molecule has 5 rings (SSSR count). The molecular weight excluding hydrogens is 394 g/mol. The number of amides is 1. The Hall–Kier alpha value is -3.92. The molecule has 2 aliphatic rings. The predicted octanol–water partition coefficient (Wildman–Crippen LogP) is 5.73. The summed E-state index contributed by atoms with van der Waals surface area (Å²) in [7, 11) is 0. The summed E-state index contributed by atoms with van der Waals surface area (Å²) in [5, 5.41) is 6.47. The molecule has 0 saturated heterocycles. The average molecular weight is 420 g/mol. The summed E-state index contributed by atoms with van der Waals surface area (Å²) >= 11 is 0. The fraction of sp³-hybridized carbons (Fsp3) is 0.143. The molecule has 1 spiro atoms. The number of fused-ring (bicyclic) bond motifs is 3. The van der Waals surface area contributed by atoms with Gasteiger partial charge in [-0.2, -0.15) is 0 Å². The highest BCUT2D eigenvalue weighted by molar-refractivity contribution is 6.07. The van der Waals surface area contributed by atoms with Crippen molar-refractivity contribution in [2.45, 2.75) is 25.2 Å². The van der Waals surface area contributed by atoms with E-state index in [0.29, 0.717) is 6.42 Å². The zero-order chi connectivity index (χ0) is 22.1. The molecule has 0 saturated carbocycles. The maximum absolute atomic E-state index is 12.9. The molecule has 1 amide bonds. The lowest BCUT2D eigenvalue weighted by Crippen LogP contribution is -2.35. The summed E-state index contributed by atoms with van der Waals surface area (Å²) < 4.78 is 0. The topological polar surface area (TPSA) is 53.5 Å². The second kappa shape index (κ2) is 7.97. The first-order valence-corrected chi connectivity index (χ1v) is 10.8. The number of carbonyl (C=O) groups is 1. The Balaban J connectivity index is 1.38. The Morgan fingerprint density at radius 1 is 1.03 bits per heavy atom. The van der Waals surface area contributed by atoms with Crippen molar-refractivity contribution < 1.29 is 4.79 Å². The number of anilines is 2. The number of carbonyl (C=O) groups excluding carboxylic acids is 1. The van der Waals surface area contributed by atoms with Crippen LogP contribution in [-0.2, 0) is 23.1 Å². The molecule has 1 heterocycles. The van der Waals surface area contributed by atoms with Crippen LogP contribution in [0.3, 0.4) is 0 Å². The van der Waals surface area contributed by atoms with Gasteiger partial charge in [0.05, 0.1) is 11.1 Å². The van der Waals surface area contributed by atoms with E-state index in [1.54, 1.807) is 6.21 Å². The van der Waals surface area contributed by atoms with Gasteiger partial charge in [0.15, 0.2) is 0 Å². The van der Waals surface area contributed by atoms with Gasteiger partial charge in [-0.3, -0.25) is 9.79 Å². The Labute approximate surface area is 188 Å². The molecule has 1 atom stereocenters. The average Bonchev–Trinajstić information content (AvgIpc) is 3.31. The van der Waals surface area contributed by atoms with Gasteiger partial charge in [-0.25, -0.2) is 0 Å². The molecular formula is C28H25N3O. The predicted molar refractivity (Wildman–Crippen MR) is 132 cm³/mol. The number of aliphatic imine (C=N–C) groups is 1. The highest BCUT2D eigenvalue weighted by Gasteiger charge is 2.50. The number of hydrogen-bond acceptors (Lipinski definition) is 3. The lowest BCUT2D eigenvalue weighted by Gasteiger charge is -2.20. The van der Waals surface area contributed by atoms with Crippen molar-refractivity contribution in [1.82, 2.24) is 0 Å². The van der Waals surface area contributed by atoms with Crippen molar-refractivity contribution in [3.8, 4) is 0 Å². The van der Waals surface area contributed by atoms with Crippen LogP contribution in [0.2, 0.25) is 0 Å². The van der Waals surface area contributed by atoms with E-state index in [1.807, 2.05) is 61.5 Å². The molecule has 3 aromatic rings. The summed E-state index contributed by atoms with van der Waals surface area (Å²) in [6.45, 7) is 6.08. The molecule has 1 aliphatic heterocycles. The Morgan fingerprint density at radius 2 is 1.78 bits per heavy atom. The fourth-order valence-electron chi connectivity index (χ4n) is 4.81. The largest absolute Gasteiger partial charge is 0.356 e. The minimum atomic E-state index is -0.495. The highest BCUT2D eigenvalue weighted by atomic mass is 16.2. The van der Waals surface area contributed by atoms with E-state index in [2.05, 4.69) is 46.5 Å². The molecule has 1 aliphatic carbocycles. The van der Waals surface area contributed by atoms with Gasteiger partial charge in [0.1, 0.15) is 0 Å². The number of para-hydroxylation sites is 1. The van der Waals surface area contributed by atoms with Crippen LogP contribution in [0, 0.1) is 0 Å². The van der Waals surface area contributed by atoms with E-state index in [4.69, 9.17) is 0 Å². The van der Waals surface area contributed by atoms with Crippen molar-refractivity contribution in [3.05, 3.63) is 113 Å². The first-order valence-electron chi connectivity index (χ1n) is 10.8. The van der Waals surface area contributed by atoms with E-state index in [9.17, 15) is 4.79 Å². The van der Waals surface area contributed by atoms with Crippen LogP contribution < -0.4 is 10.6 Å². The minimum Gasteiger partial charge on any atom is -0.356 e. The maximum Gasteiger partial charge on any atom is 0.235 e. The second-order valence-corrected chi connectivity index (χ2v) is 8.35. The van der Waals surface area contributed by atoms with E-state index in [-0.39, 0.29) is 5.91 Å². The first kappa shape index (κ1) is 20.0. The van der Waals surface area contributed by atoms with Gasteiger partial charge in [-0.15, -0.1) is 0 Å². The van der Waals surface area contributed by atoms with Crippen molar-refractivity contribution in [2.24, 2.45) is 4.99 Å². The van der Waals surface area contributed by atoms with Crippen LogP contribution in [0.1, 0.15) is 29.2 Å². The number of nitrogens with zero attached hydrogens (tertiary/aromatic N) is 1. The summed E-state index contributed by atoms with van der Waals surface area (Å²) in [4.78, 5) is 17.4. The molecule has 0 aromatic heterocycles. The summed E-state index contributed by atoms with van der Waals surface area (Å²) in [5.74, 6) is 0.0988. The van der Waals surface area contributed by atoms with Gasteiger partial charge < -0.3 is 10.6 Å². The van der Waals surface area contributed by atoms with Gasteiger partial charge in [0, 0.05) is 28.8 Å². The van der Waals surface area contributed by atoms with Crippen LogP contribution in [-0.4, -0.2) is 12.1 Å². The van der Waals surface area contributed by atoms with Gasteiger partial charge in [-0.05, 0) is 60.7 Å². The normalized spacial score (nSPS) is 19.2. The third kappa shape index (κ3) is 3.44. The number of nitrogens with one attached hydrogen (secondary N) is 2. The standard InChI is InChI=1S/C28H25N3O/c1-3-29-26(20-9-5-4-6-10-20)15-19(2)30-23-14-13-21-17-28(18-22(21)16-23)24-11-7-8-12-25(24)31-27(28)32/h3-16,30H,2,17-18H2,1H3,(H,31,32)/b26-15-,29-3?. The smallest absolute Gasteiger partial charge is 0.235 e. The number of allylic oxidation sites excluding steroid dienone is 1. The molecule has 1 unspecified atom stereocenters. The van der Waals surface area contributed by atoms with E-state index in [1.165, 1.54) is 11.1 Å². The van der Waals surface area contributed by atoms with Crippen LogP contribution in [0.25, 0.3) is 5.70 Å².